The molecule has 2 heterocycles. The fourth-order valence-electron chi connectivity index (χ4n) is 2.36. The Bertz CT molecular complexity index is 561. The number of piperidine rings is 1. The van der Waals surface area contributed by atoms with Gasteiger partial charge in [-0.15, -0.1) is 0 Å². The van der Waals surface area contributed by atoms with E-state index in [1.165, 1.54) is 6.07 Å². The Kier molecular flexibility index (Phi) is 5.10. The molecule has 0 saturated carbocycles. The van der Waals surface area contributed by atoms with E-state index in [0.29, 0.717) is 6.54 Å². The van der Waals surface area contributed by atoms with E-state index in [4.69, 9.17) is 0 Å². The summed E-state index contributed by atoms with van der Waals surface area (Å²) in [5.41, 5.74) is -0.0154. The number of H-pyrrole nitrogens is 1. The van der Waals surface area contributed by atoms with E-state index in [0.717, 1.165) is 25.9 Å². The van der Waals surface area contributed by atoms with Gasteiger partial charge in [0.25, 0.3) is 5.91 Å². The van der Waals surface area contributed by atoms with E-state index in [9.17, 15) is 14.4 Å². The van der Waals surface area contributed by atoms with Gasteiger partial charge in [-0.1, -0.05) is 6.07 Å². The predicted molar refractivity (Wildman–Crippen MR) is 78.1 cm³/mol. The maximum atomic E-state index is 12.0. The average Bonchev–Trinajstić information content (AvgIpc) is 2.49. The summed E-state index contributed by atoms with van der Waals surface area (Å²) in [5, 5.41) is 5.51. The molecule has 2 amide bonds. The van der Waals surface area contributed by atoms with Crippen LogP contribution in [0.1, 0.15) is 23.3 Å². The average molecular weight is 292 g/mol. The third-order valence-electron chi connectivity index (χ3n) is 3.58. The standard InChI is InChI=1S/C14H20N4O3/c1-15-13(20)9-18-7-5-10(6-8-18)16-14(21)11-3-2-4-12(19)17-11/h2-4,10H,5-9H2,1H3,(H,15,20)(H,16,21)(H,17,19). The van der Waals surface area contributed by atoms with Crippen molar-refractivity contribution in [3.05, 3.63) is 34.2 Å². The molecule has 1 aromatic heterocycles. The topological polar surface area (TPSA) is 94.3 Å². The summed E-state index contributed by atoms with van der Waals surface area (Å²) < 4.78 is 0. The van der Waals surface area contributed by atoms with E-state index in [2.05, 4.69) is 20.5 Å². The van der Waals surface area contributed by atoms with Crippen molar-refractivity contribution in [2.45, 2.75) is 18.9 Å². The Hall–Kier alpha value is -2.15. The van der Waals surface area contributed by atoms with Crippen molar-refractivity contribution < 1.29 is 9.59 Å². The number of hydrogen-bond donors (Lipinski definition) is 3. The van der Waals surface area contributed by atoms with Crippen molar-refractivity contribution in [3.8, 4) is 0 Å². The summed E-state index contributed by atoms with van der Waals surface area (Å²) in [6.45, 7) is 1.93. The first-order valence-electron chi connectivity index (χ1n) is 7.01. The predicted octanol–water partition coefficient (Wildman–Crippen LogP) is -0.685. The fourth-order valence-corrected chi connectivity index (χ4v) is 2.36. The van der Waals surface area contributed by atoms with E-state index in [-0.39, 0.29) is 29.1 Å². The van der Waals surface area contributed by atoms with Crippen LogP contribution in [0.25, 0.3) is 0 Å². The Labute approximate surface area is 122 Å². The summed E-state index contributed by atoms with van der Waals surface area (Å²) in [4.78, 5) is 39.1. The van der Waals surface area contributed by atoms with Gasteiger partial charge in [0.15, 0.2) is 0 Å². The van der Waals surface area contributed by atoms with Crippen LogP contribution in [0.3, 0.4) is 0 Å². The minimum absolute atomic E-state index is 0.000605. The van der Waals surface area contributed by atoms with E-state index in [1.54, 1.807) is 19.2 Å². The lowest BCUT2D eigenvalue weighted by atomic mass is 10.0. The normalized spacial score (nSPS) is 16.4. The lowest BCUT2D eigenvalue weighted by Gasteiger charge is -2.31. The molecule has 0 radical (unpaired) electrons. The smallest absolute Gasteiger partial charge is 0.268 e. The molecule has 21 heavy (non-hydrogen) atoms. The molecule has 0 aromatic carbocycles. The Balaban J connectivity index is 1.82. The fraction of sp³-hybridized carbons (Fsp3) is 0.500. The second-order valence-corrected chi connectivity index (χ2v) is 5.13. The number of hydrogen-bond acceptors (Lipinski definition) is 4. The van der Waals surface area contributed by atoms with Gasteiger partial charge in [0.2, 0.25) is 11.5 Å². The molecule has 1 aromatic rings. The number of amides is 2. The Morgan fingerprint density at radius 2 is 2.05 bits per heavy atom. The molecule has 114 valence electrons. The zero-order valence-corrected chi connectivity index (χ0v) is 12.0. The third kappa shape index (κ3) is 4.42. The molecular formula is C14H20N4O3. The number of aromatic amines is 1. The maximum absolute atomic E-state index is 12.0. The number of rotatable bonds is 4. The summed E-state index contributed by atoms with van der Waals surface area (Å²) in [5.74, 6) is -0.267. The van der Waals surface area contributed by atoms with Gasteiger partial charge in [0.05, 0.1) is 6.54 Å². The molecular weight excluding hydrogens is 272 g/mol. The monoisotopic (exact) mass is 292 g/mol. The first-order chi connectivity index (χ1) is 10.1. The van der Waals surface area contributed by atoms with Crippen LogP contribution >= 0.6 is 0 Å². The molecule has 7 nitrogen and oxygen atoms in total. The molecule has 1 fully saturated rings. The number of likely N-dealkylation sites (tertiary alicyclic amines) is 1. The summed E-state index contributed by atoms with van der Waals surface area (Å²) in [6, 6.07) is 4.58. The van der Waals surface area contributed by atoms with Gasteiger partial charge in [-0.3, -0.25) is 19.3 Å². The van der Waals surface area contributed by atoms with Crippen LogP contribution in [0.4, 0.5) is 0 Å². The second kappa shape index (κ2) is 7.03. The van der Waals surface area contributed by atoms with Crippen LogP contribution in [0.5, 0.6) is 0 Å². The SMILES string of the molecule is CNC(=O)CN1CCC(NC(=O)c2cccc(=O)[nH]2)CC1. The summed E-state index contributed by atoms with van der Waals surface area (Å²) in [6.07, 6.45) is 1.58. The first-order valence-corrected chi connectivity index (χ1v) is 7.01. The lowest BCUT2D eigenvalue weighted by molar-refractivity contribution is -0.122. The highest BCUT2D eigenvalue weighted by Crippen LogP contribution is 2.10. The lowest BCUT2D eigenvalue weighted by Crippen LogP contribution is -2.47. The minimum atomic E-state index is -0.289. The molecule has 3 N–H and O–H groups in total. The van der Waals surface area contributed by atoms with Crippen molar-refractivity contribution in [1.29, 1.82) is 0 Å². The van der Waals surface area contributed by atoms with Crippen LogP contribution in [0, 0.1) is 0 Å². The van der Waals surface area contributed by atoms with Gasteiger partial charge in [0, 0.05) is 32.2 Å². The largest absolute Gasteiger partial charge is 0.358 e. The van der Waals surface area contributed by atoms with Crippen LogP contribution in [0.2, 0.25) is 0 Å². The number of pyridine rings is 1. The molecule has 1 aliphatic rings. The Morgan fingerprint density at radius 1 is 1.33 bits per heavy atom. The molecule has 0 unspecified atom stereocenters. The van der Waals surface area contributed by atoms with Crippen molar-refractivity contribution in [3.63, 3.8) is 0 Å². The van der Waals surface area contributed by atoms with Crippen molar-refractivity contribution in [1.82, 2.24) is 20.5 Å². The summed E-state index contributed by atoms with van der Waals surface area (Å²) >= 11 is 0. The van der Waals surface area contributed by atoms with E-state index in [1.807, 2.05) is 0 Å². The molecule has 0 spiro atoms. The maximum Gasteiger partial charge on any atom is 0.268 e. The second-order valence-electron chi connectivity index (χ2n) is 5.13. The molecule has 0 aliphatic carbocycles. The van der Waals surface area contributed by atoms with Gasteiger partial charge in [-0.2, -0.15) is 0 Å². The molecule has 1 aliphatic heterocycles. The Morgan fingerprint density at radius 3 is 2.67 bits per heavy atom. The van der Waals surface area contributed by atoms with Crippen molar-refractivity contribution in [2.24, 2.45) is 0 Å². The molecule has 0 atom stereocenters. The molecule has 1 saturated heterocycles. The van der Waals surface area contributed by atoms with Gasteiger partial charge in [-0.05, 0) is 18.9 Å². The zero-order valence-electron chi connectivity index (χ0n) is 12.0. The summed E-state index contributed by atoms with van der Waals surface area (Å²) in [7, 11) is 1.62. The van der Waals surface area contributed by atoms with E-state index >= 15 is 0 Å². The number of carbonyl (C=O) groups excluding carboxylic acids is 2. The molecule has 2 rings (SSSR count). The number of nitrogens with zero attached hydrogens (tertiary/aromatic N) is 1. The highest BCUT2D eigenvalue weighted by atomic mass is 16.2. The van der Waals surface area contributed by atoms with Crippen LogP contribution < -0.4 is 16.2 Å². The number of carbonyl (C=O) groups is 2. The van der Waals surface area contributed by atoms with Crippen molar-refractivity contribution >= 4 is 11.8 Å². The molecule has 0 bridgehead atoms. The first kappa shape index (κ1) is 15.2. The molecule has 7 heteroatoms. The van der Waals surface area contributed by atoms with Gasteiger partial charge >= 0.3 is 0 Å². The van der Waals surface area contributed by atoms with Gasteiger partial charge in [-0.25, -0.2) is 0 Å². The zero-order chi connectivity index (χ0) is 15.2. The van der Waals surface area contributed by atoms with Crippen LogP contribution in [0.15, 0.2) is 23.0 Å². The highest BCUT2D eigenvalue weighted by molar-refractivity contribution is 5.92. The van der Waals surface area contributed by atoms with Crippen molar-refractivity contribution in [2.75, 3.05) is 26.7 Å². The van der Waals surface area contributed by atoms with E-state index < -0.39 is 0 Å². The number of aromatic nitrogens is 1. The minimum Gasteiger partial charge on any atom is -0.358 e. The third-order valence-corrected chi connectivity index (χ3v) is 3.58. The number of likely N-dealkylation sites (N-methyl/N-ethyl adjacent to an activating group) is 1. The van der Waals surface area contributed by atoms with Gasteiger partial charge < -0.3 is 15.6 Å². The van der Waals surface area contributed by atoms with Crippen LogP contribution in [-0.4, -0.2) is 54.4 Å². The van der Waals surface area contributed by atoms with Gasteiger partial charge in [0.1, 0.15) is 5.69 Å². The van der Waals surface area contributed by atoms with Crippen LogP contribution in [-0.2, 0) is 4.79 Å². The highest BCUT2D eigenvalue weighted by Gasteiger charge is 2.22. The number of nitrogens with one attached hydrogen (secondary N) is 3. The quantitative estimate of drug-likeness (QED) is 0.685.